The first kappa shape index (κ1) is 24.6. The Morgan fingerprint density at radius 3 is 2.61 bits per heavy atom. The van der Waals surface area contributed by atoms with Crippen LogP contribution in [-0.4, -0.2) is 67.1 Å². The zero-order valence-electron chi connectivity index (χ0n) is 21.0. The number of carbonyl (C=O) groups excluding carboxylic acids is 1. The lowest BCUT2D eigenvalue weighted by atomic mass is 9.90. The number of carbonyl (C=O) groups is 1. The molecule has 2 saturated heterocycles. The topological polar surface area (TPSA) is 67.2 Å². The van der Waals surface area contributed by atoms with Crippen LogP contribution in [0.1, 0.15) is 56.5 Å². The number of nitrogens with zero attached hydrogens (tertiary/aromatic N) is 6. The van der Waals surface area contributed by atoms with Crippen LogP contribution < -0.4 is 0 Å². The van der Waals surface area contributed by atoms with E-state index in [1.807, 2.05) is 30.5 Å². The molecule has 3 aromatic heterocycles. The van der Waals surface area contributed by atoms with Gasteiger partial charge in [-0.1, -0.05) is 25.1 Å². The Bertz CT molecular complexity index is 1190. The third-order valence-corrected chi connectivity index (χ3v) is 7.50. The SMILES string of the molecule is CC/C=C\Cc1nc2cccnc2n1C1CCN(C(=O)C2(F)CCN(Cc3cccnc3)CC2)CC1. The molecule has 0 N–H and O–H groups in total. The summed E-state index contributed by atoms with van der Waals surface area (Å²) in [7, 11) is 0. The van der Waals surface area contributed by atoms with Crippen LogP contribution in [0.5, 0.6) is 0 Å². The molecule has 1 amide bonds. The number of hydrogen-bond acceptors (Lipinski definition) is 5. The van der Waals surface area contributed by atoms with Crippen LogP contribution in [0.25, 0.3) is 11.2 Å². The van der Waals surface area contributed by atoms with Crippen molar-refractivity contribution in [3.8, 4) is 0 Å². The van der Waals surface area contributed by atoms with Gasteiger partial charge in [0.05, 0.1) is 0 Å². The molecule has 36 heavy (non-hydrogen) atoms. The Labute approximate surface area is 212 Å². The molecule has 0 aliphatic carbocycles. The number of pyridine rings is 2. The standard InChI is InChI=1S/C28H35FN6O/c1-2-3-4-9-25-32-24-8-6-15-31-26(24)35(25)23-10-16-34(17-11-23)27(36)28(29)12-18-33(19-13-28)21-22-7-5-14-30-20-22/h3-8,14-15,20,23H,2,9-13,16-19,21H2,1H3/b4-3-. The zero-order valence-corrected chi connectivity index (χ0v) is 21.0. The molecule has 190 valence electrons. The summed E-state index contributed by atoms with van der Waals surface area (Å²) in [6.45, 7) is 5.14. The first-order valence-electron chi connectivity index (χ1n) is 13.1. The van der Waals surface area contributed by atoms with E-state index in [1.54, 1.807) is 17.3 Å². The number of amides is 1. The summed E-state index contributed by atoms with van der Waals surface area (Å²) < 4.78 is 18.1. The summed E-state index contributed by atoms with van der Waals surface area (Å²) in [5.74, 6) is 0.669. The van der Waals surface area contributed by atoms with Gasteiger partial charge in [0.2, 0.25) is 0 Å². The maximum absolute atomic E-state index is 15.8. The van der Waals surface area contributed by atoms with Gasteiger partial charge >= 0.3 is 0 Å². The summed E-state index contributed by atoms with van der Waals surface area (Å²) in [6, 6.07) is 8.06. The Morgan fingerprint density at radius 1 is 1.11 bits per heavy atom. The molecule has 2 aliphatic heterocycles. The van der Waals surface area contributed by atoms with E-state index in [4.69, 9.17) is 4.98 Å². The molecule has 7 nitrogen and oxygen atoms in total. The average Bonchev–Trinajstić information content (AvgIpc) is 3.29. The highest BCUT2D eigenvalue weighted by atomic mass is 19.1. The van der Waals surface area contributed by atoms with E-state index >= 15 is 4.39 Å². The number of aromatic nitrogens is 4. The molecule has 5 heterocycles. The van der Waals surface area contributed by atoms with Crippen molar-refractivity contribution in [2.75, 3.05) is 26.2 Å². The molecule has 0 aromatic carbocycles. The van der Waals surface area contributed by atoms with Gasteiger partial charge in [-0.05, 0) is 43.0 Å². The Balaban J connectivity index is 1.21. The van der Waals surface area contributed by atoms with Gasteiger partial charge in [0.25, 0.3) is 5.91 Å². The van der Waals surface area contributed by atoms with Crippen molar-refractivity contribution in [1.82, 2.24) is 29.3 Å². The summed E-state index contributed by atoms with van der Waals surface area (Å²) in [5.41, 5.74) is 1.14. The zero-order chi connectivity index (χ0) is 25.0. The minimum atomic E-state index is -1.77. The highest BCUT2D eigenvalue weighted by Crippen LogP contribution is 2.33. The number of halogens is 1. The van der Waals surface area contributed by atoms with Gasteiger partial charge in [-0.2, -0.15) is 0 Å². The molecule has 0 saturated carbocycles. The number of rotatable bonds is 7. The molecule has 0 bridgehead atoms. The fourth-order valence-corrected chi connectivity index (χ4v) is 5.50. The molecule has 0 spiro atoms. The first-order chi connectivity index (χ1) is 17.6. The molecule has 3 aromatic rings. The number of likely N-dealkylation sites (tertiary alicyclic amines) is 2. The van der Waals surface area contributed by atoms with Crippen molar-refractivity contribution in [2.24, 2.45) is 0 Å². The maximum atomic E-state index is 15.8. The quantitative estimate of drug-likeness (QED) is 0.456. The van der Waals surface area contributed by atoms with Crippen molar-refractivity contribution in [1.29, 1.82) is 0 Å². The lowest BCUT2D eigenvalue weighted by molar-refractivity contribution is -0.148. The minimum Gasteiger partial charge on any atom is -0.340 e. The minimum absolute atomic E-state index is 0.205. The summed E-state index contributed by atoms with van der Waals surface area (Å²) in [4.78, 5) is 30.8. The van der Waals surface area contributed by atoms with Crippen LogP contribution in [0, 0.1) is 0 Å². The average molecular weight is 491 g/mol. The largest absolute Gasteiger partial charge is 0.340 e. The van der Waals surface area contributed by atoms with Gasteiger partial charge in [-0.25, -0.2) is 14.4 Å². The van der Waals surface area contributed by atoms with Crippen LogP contribution in [0.2, 0.25) is 0 Å². The molecule has 5 rings (SSSR count). The van der Waals surface area contributed by atoms with E-state index in [-0.39, 0.29) is 24.8 Å². The Hall–Kier alpha value is -3.13. The normalized spacial score (nSPS) is 19.3. The van der Waals surface area contributed by atoms with Crippen molar-refractivity contribution in [2.45, 2.75) is 63.7 Å². The number of fused-ring (bicyclic) bond motifs is 1. The number of alkyl halides is 1. The second-order valence-electron chi connectivity index (χ2n) is 9.95. The number of imidazole rings is 1. The molecular formula is C28H35FN6O. The predicted octanol–water partition coefficient (Wildman–Crippen LogP) is 4.50. The monoisotopic (exact) mass is 490 g/mol. The van der Waals surface area contributed by atoms with E-state index in [0.29, 0.717) is 26.2 Å². The second-order valence-corrected chi connectivity index (χ2v) is 9.95. The van der Waals surface area contributed by atoms with Crippen molar-refractivity contribution < 1.29 is 9.18 Å². The number of allylic oxidation sites excluding steroid dienone is 2. The van der Waals surface area contributed by atoms with E-state index in [0.717, 1.165) is 54.8 Å². The van der Waals surface area contributed by atoms with Gasteiger partial charge in [-0.3, -0.25) is 14.7 Å². The molecular weight excluding hydrogens is 455 g/mol. The van der Waals surface area contributed by atoms with Gasteiger partial charge < -0.3 is 9.47 Å². The summed E-state index contributed by atoms with van der Waals surface area (Å²) >= 11 is 0. The first-order valence-corrected chi connectivity index (χ1v) is 13.1. The Kier molecular flexibility index (Phi) is 7.41. The fourth-order valence-electron chi connectivity index (χ4n) is 5.50. The molecule has 2 fully saturated rings. The number of hydrogen-bond donors (Lipinski definition) is 0. The van der Waals surface area contributed by atoms with Crippen molar-refractivity contribution in [3.05, 3.63) is 66.4 Å². The summed E-state index contributed by atoms with van der Waals surface area (Å²) in [6.07, 6.45) is 13.5. The number of piperidine rings is 2. The molecule has 2 aliphatic rings. The van der Waals surface area contributed by atoms with E-state index < -0.39 is 5.67 Å². The van der Waals surface area contributed by atoms with Gasteiger partial charge in [-0.15, -0.1) is 0 Å². The van der Waals surface area contributed by atoms with E-state index in [2.05, 4.69) is 38.5 Å². The van der Waals surface area contributed by atoms with Crippen LogP contribution in [0.3, 0.4) is 0 Å². The smallest absolute Gasteiger partial charge is 0.260 e. The highest BCUT2D eigenvalue weighted by Gasteiger charge is 2.45. The second kappa shape index (κ2) is 10.9. The van der Waals surface area contributed by atoms with Crippen molar-refractivity contribution >= 4 is 17.1 Å². The van der Waals surface area contributed by atoms with Crippen LogP contribution in [0.4, 0.5) is 4.39 Å². The molecule has 0 atom stereocenters. The van der Waals surface area contributed by atoms with Gasteiger partial charge in [0.15, 0.2) is 11.3 Å². The van der Waals surface area contributed by atoms with E-state index in [9.17, 15) is 4.79 Å². The molecule has 0 unspecified atom stereocenters. The predicted molar refractivity (Wildman–Crippen MR) is 138 cm³/mol. The third-order valence-electron chi connectivity index (χ3n) is 7.50. The maximum Gasteiger partial charge on any atom is 0.260 e. The molecule has 0 radical (unpaired) electrons. The van der Waals surface area contributed by atoms with Crippen LogP contribution >= 0.6 is 0 Å². The lowest BCUT2D eigenvalue weighted by Gasteiger charge is -2.40. The van der Waals surface area contributed by atoms with Gasteiger partial charge in [0.1, 0.15) is 11.3 Å². The summed E-state index contributed by atoms with van der Waals surface area (Å²) in [5, 5.41) is 0. The molecule has 8 heteroatoms. The lowest BCUT2D eigenvalue weighted by Crippen LogP contribution is -2.54. The third kappa shape index (κ3) is 5.19. The van der Waals surface area contributed by atoms with Crippen LogP contribution in [0.15, 0.2) is 55.0 Å². The van der Waals surface area contributed by atoms with Crippen molar-refractivity contribution in [3.63, 3.8) is 0 Å². The van der Waals surface area contributed by atoms with Gasteiger partial charge in [0, 0.05) is 76.6 Å². The van der Waals surface area contributed by atoms with E-state index in [1.165, 1.54) is 0 Å². The Morgan fingerprint density at radius 2 is 1.89 bits per heavy atom. The fraction of sp³-hybridized carbons (Fsp3) is 0.500. The highest BCUT2D eigenvalue weighted by molar-refractivity contribution is 5.85. The van der Waals surface area contributed by atoms with Crippen LogP contribution in [-0.2, 0) is 17.8 Å².